The molecule has 0 aromatic rings. The van der Waals surface area contributed by atoms with Crippen molar-refractivity contribution in [3.63, 3.8) is 0 Å². The van der Waals surface area contributed by atoms with Crippen LogP contribution in [0.4, 0.5) is 0 Å². The molecule has 2 unspecified atom stereocenters. The van der Waals surface area contributed by atoms with Gasteiger partial charge in [0, 0.05) is 6.08 Å². The van der Waals surface area contributed by atoms with Crippen LogP contribution < -0.4 is 0 Å². The maximum Gasteiger partial charge on any atom is 0.330 e. The van der Waals surface area contributed by atoms with Crippen LogP contribution in [0.2, 0.25) is 32.2 Å². The summed E-state index contributed by atoms with van der Waals surface area (Å²) in [4.78, 5) is 11.2. The molecule has 0 aromatic carbocycles. The highest BCUT2D eigenvalue weighted by Gasteiger charge is 2.54. The van der Waals surface area contributed by atoms with Gasteiger partial charge in [-0.25, -0.2) is 4.79 Å². The van der Waals surface area contributed by atoms with Crippen LogP contribution in [0.3, 0.4) is 0 Å². The zero-order valence-corrected chi connectivity index (χ0v) is 14.5. The van der Waals surface area contributed by atoms with Crippen molar-refractivity contribution < 1.29 is 14.0 Å². The number of carbonyl (C=O) groups excluding carboxylic acids is 1. The minimum atomic E-state index is -1.66. The van der Waals surface area contributed by atoms with Gasteiger partial charge in [0.1, 0.15) is 6.61 Å². The lowest BCUT2D eigenvalue weighted by molar-refractivity contribution is -0.146. The van der Waals surface area contributed by atoms with Gasteiger partial charge in [0.05, 0.1) is 13.2 Å². The maximum absolute atomic E-state index is 11.2. The van der Waals surface area contributed by atoms with E-state index in [1.165, 1.54) is 12.1 Å². The number of carbonyl (C=O) groups is 1. The minimum Gasteiger partial charge on any atom is -0.460 e. The highest BCUT2D eigenvalue weighted by atomic mass is 29.3. The molecule has 5 heteroatoms. The van der Waals surface area contributed by atoms with E-state index in [0.29, 0.717) is 12.5 Å². The summed E-state index contributed by atoms with van der Waals surface area (Å²) in [6, 6.07) is 1.24. The summed E-state index contributed by atoms with van der Waals surface area (Å²) < 4.78 is 11.7. The molecule has 1 aliphatic heterocycles. The highest BCUT2D eigenvalue weighted by molar-refractivity contribution is 7.38. The molecule has 0 bridgehead atoms. The van der Waals surface area contributed by atoms with Crippen molar-refractivity contribution in [3.05, 3.63) is 12.7 Å². The first-order chi connectivity index (χ1) is 8.04. The average Bonchev–Trinajstić information content (AvgIpc) is 2.22. The van der Waals surface area contributed by atoms with Crippen LogP contribution in [-0.2, 0) is 14.0 Å². The Hall–Kier alpha value is -0.396. The van der Waals surface area contributed by atoms with Gasteiger partial charge in [-0.15, -0.1) is 0 Å². The van der Waals surface area contributed by atoms with Crippen LogP contribution in [0.25, 0.3) is 0 Å². The Bertz CT molecular complexity index is 352. The Morgan fingerprint density at radius 3 is 2.56 bits per heavy atom. The molecule has 104 valence electrons. The molecule has 3 nitrogen and oxygen atoms in total. The van der Waals surface area contributed by atoms with Gasteiger partial charge in [-0.05, 0) is 25.9 Å². The summed E-state index contributed by atoms with van der Waals surface area (Å²) in [5.74, 6) is 0.0610. The first-order valence-electron chi connectivity index (χ1n) is 6.53. The summed E-state index contributed by atoms with van der Waals surface area (Å²) in [5.41, 5.74) is -0.336. The first-order valence-corrected chi connectivity index (χ1v) is 13.6. The van der Waals surface area contributed by atoms with Gasteiger partial charge in [0.25, 0.3) is 0 Å². The minimum absolute atomic E-state index is 0.333. The quantitative estimate of drug-likeness (QED) is 0.454. The molecule has 0 aliphatic carbocycles. The molecule has 1 aliphatic rings. The summed E-state index contributed by atoms with van der Waals surface area (Å²) >= 11 is 0. The Labute approximate surface area is 112 Å². The van der Waals surface area contributed by atoms with Gasteiger partial charge in [-0.2, -0.15) is 0 Å². The van der Waals surface area contributed by atoms with Crippen molar-refractivity contribution in [2.45, 2.75) is 51.7 Å². The third-order valence-corrected chi connectivity index (χ3v) is 21.2. The van der Waals surface area contributed by atoms with Crippen LogP contribution in [0, 0.1) is 5.92 Å². The zero-order valence-electron chi connectivity index (χ0n) is 12.5. The molecule has 2 atom stereocenters. The zero-order chi connectivity index (χ0) is 14.2. The van der Waals surface area contributed by atoms with E-state index < -0.39 is 15.4 Å². The lowest BCUT2D eigenvalue weighted by atomic mass is 9.93. The smallest absolute Gasteiger partial charge is 0.330 e. The van der Waals surface area contributed by atoms with E-state index in [4.69, 9.17) is 9.16 Å². The largest absolute Gasteiger partial charge is 0.460 e. The number of rotatable bonds is 3. The van der Waals surface area contributed by atoms with Crippen LogP contribution >= 0.6 is 0 Å². The van der Waals surface area contributed by atoms with Crippen molar-refractivity contribution in [3.8, 4) is 0 Å². The lowest BCUT2D eigenvalue weighted by Gasteiger charge is -2.53. The molecule has 1 heterocycles. The summed E-state index contributed by atoms with van der Waals surface area (Å²) in [6.07, 6.45) is 1.21. The van der Waals surface area contributed by atoms with Gasteiger partial charge >= 0.3 is 5.97 Å². The van der Waals surface area contributed by atoms with E-state index in [0.717, 1.165) is 0 Å². The van der Waals surface area contributed by atoms with E-state index in [-0.39, 0.29) is 11.6 Å². The van der Waals surface area contributed by atoms with Gasteiger partial charge in [0.2, 0.25) is 0 Å². The molecule has 0 spiro atoms. The van der Waals surface area contributed by atoms with Crippen LogP contribution in [-0.4, -0.2) is 33.6 Å². The first kappa shape index (κ1) is 15.7. The van der Waals surface area contributed by atoms with Crippen molar-refractivity contribution in [2.24, 2.45) is 5.92 Å². The fourth-order valence-corrected chi connectivity index (χ4v) is 10.6. The molecule has 0 N–H and O–H groups in total. The molecular formula is C13H26O3Si2. The lowest BCUT2D eigenvalue weighted by Crippen LogP contribution is -2.68. The number of hydrogen-bond acceptors (Lipinski definition) is 3. The van der Waals surface area contributed by atoms with Crippen LogP contribution in [0.15, 0.2) is 12.7 Å². The van der Waals surface area contributed by atoms with Crippen molar-refractivity contribution in [1.29, 1.82) is 0 Å². The van der Waals surface area contributed by atoms with Gasteiger partial charge in [0.15, 0.2) is 7.83 Å². The number of ether oxygens (including phenoxy) is 1. The van der Waals surface area contributed by atoms with E-state index >= 15 is 0 Å². The fourth-order valence-electron chi connectivity index (χ4n) is 2.49. The Morgan fingerprint density at radius 1 is 1.50 bits per heavy atom. The summed E-state index contributed by atoms with van der Waals surface area (Å²) in [6.45, 7) is 17.5. The maximum atomic E-state index is 11.2. The second-order valence-electron chi connectivity index (χ2n) is 6.73. The number of esters is 1. The fraction of sp³-hybridized carbons (Fsp3) is 0.769. The third kappa shape index (κ3) is 2.95. The van der Waals surface area contributed by atoms with E-state index in [9.17, 15) is 4.79 Å². The van der Waals surface area contributed by atoms with Gasteiger partial charge in [-0.3, -0.25) is 0 Å². The molecule has 0 amide bonds. The molecule has 1 rings (SSSR count). The molecule has 0 aromatic heterocycles. The van der Waals surface area contributed by atoms with Crippen LogP contribution in [0.5, 0.6) is 0 Å². The molecule has 1 saturated heterocycles. The van der Waals surface area contributed by atoms with E-state index in [1.807, 2.05) is 0 Å². The Kier molecular flexibility index (Phi) is 4.30. The second kappa shape index (κ2) is 4.94. The van der Waals surface area contributed by atoms with Crippen molar-refractivity contribution in [1.82, 2.24) is 0 Å². The molecular weight excluding hydrogens is 260 g/mol. The van der Waals surface area contributed by atoms with Crippen molar-refractivity contribution in [2.75, 3.05) is 6.61 Å². The van der Waals surface area contributed by atoms with Crippen molar-refractivity contribution >= 4 is 21.4 Å². The molecule has 0 radical (unpaired) electrons. The third-order valence-electron chi connectivity index (χ3n) is 4.64. The molecule has 0 saturated carbocycles. The molecule has 1 fully saturated rings. The van der Waals surface area contributed by atoms with Gasteiger partial charge < -0.3 is 9.16 Å². The Morgan fingerprint density at radius 2 is 2.06 bits per heavy atom. The molecule has 18 heavy (non-hydrogen) atoms. The average molecular weight is 287 g/mol. The predicted molar refractivity (Wildman–Crippen MR) is 79.6 cm³/mol. The van der Waals surface area contributed by atoms with E-state index in [1.54, 1.807) is 0 Å². The number of hydrogen-bond donors (Lipinski definition) is 0. The second-order valence-corrected chi connectivity index (χ2v) is 21.8. The Balaban J connectivity index is 2.83. The summed E-state index contributed by atoms with van der Waals surface area (Å²) in [7, 11) is -2.93. The normalized spacial score (nSPS) is 33.8. The van der Waals surface area contributed by atoms with Crippen LogP contribution in [0.1, 0.15) is 13.8 Å². The van der Waals surface area contributed by atoms with E-state index in [2.05, 4.69) is 46.6 Å². The SMILES string of the molecule is C=CC(=O)OCC1(C)O[Si](C)(C)[Si](C)(C)CC1C. The topological polar surface area (TPSA) is 35.5 Å². The van der Waals surface area contributed by atoms with Gasteiger partial charge in [-0.1, -0.05) is 32.6 Å². The highest BCUT2D eigenvalue weighted by Crippen LogP contribution is 2.42. The predicted octanol–water partition coefficient (Wildman–Crippen LogP) is 3.13. The monoisotopic (exact) mass is 286 g/mol. The summed E-state index contributed by atoms with van der Waals surface area (Å²) in [5, 5.41) is 0. The standard InChI is InChI=1S/C13H26O3Si2/c1-8-12(14)15-10-13(3)11(2)9-17(4,5)18(6,7)16-13/h8,11H,1,9-10H2,2-7H3.